The first-order valence-electron chi connectivity index (χ1n) is 8.10. The fraction of sp³-hybridized carbons (Fsp3) is 0. The van der Waals surface area contributed by atoms with E-state index < -0.39 is 20.9 Å². The Labute approximate surface area is 169 Å². The number of carbonyl (C=O) groups excluding carboxylic acids is 1. The molecule has 0 atom stereocenters. The summed E-state index contributed by atoms with van der Waals surface area (Å²) in [6.07, 6.45) is 1.25. The summed E-state index contributed by atoms with van der Waals surface area (Å²) in [4.78, 5) is 22.7. The van der Waals surface area contributed by atoms with Crippen molar-refractivity contribution < 1.29 is 18.1 Å². The lowest BCUT2D eigenvalue weighted by molar-refractivity contribution is -0.384. The number of para-hydroxylation sites is 1. The van der Waals surface area contributed by atoms with Crippen LogP contribution in [0.15, 0.2) is 75.4 Å². The van der Waals surface area contributed by atoms with Gasteiger partial charge in [0, 0.05) is 17.7 Å². The quantitative estimate of drug-likeness (QED) is 0.338. The average molecular weight is 430 g/mol. The van der Waals surface area contributed by atoms with Crippen LogP contribution in [0, 0.1) is 10.1 Å². The maximum Gasteiger partial charge on any atom is 0.273 e. The molecule has 1 amide bonds. The number of nitro benzene ring substituents is 1. The number of amides is 1. The van der Waals surface area contributed by atoms with E-state index in [0.29, 0.717) is 5.56 Å². The predicted octanol–water partition coefficient (Wildman–Crippen LogP) is 3.22. The van der Waals surface area contributed by atoms with E-state index in [1.54, 1.807) is 29.6 Å². The monoisotopic (exact) mass is 430 g/mol. The van der Waals surface area contributed by atoms with Crippen LogP contribution >= 0.6 is 11.3 Å². The zero-order valence-corrected chi connectivity index (χ0v) is 16.3. The summed E-state index contributed by atoms with van der Waals surface area (Å²) in [5, 5.41) is 16.2. The van der Waals surface area contributed by atoms with Crippen molar-refractivity contribution in [2.24, 2.45) is 5.10 Å². The van der Waals surface area contributed by atoms with Gasteiger partial charge < -0.3 is 0 Å². The first-order chi connectivity index (χ1) is 13.9. The van der Waals surface area contributed by atoms with E-state index in [2.05, 4.69) is 15.2 Å². The Morgan fingerprint density at radius 1 is 1.10 bits per heavy atom. The van der Waals surface area contributed by atoms with Crippen molar-refractivity contribution in [3.8, 4) is 0 Å². The Bertz CT molecular complexity index is 1170. The van der Waals surface area contributed by atoms with Crippen molar-refractivity contribution in [2.45, 2.75) is 4.21 Å². The molecule has 3 aromatic rings. The van der Waals surface area contributed by atoms with Crippen LogP contribution in [0.2, 0.25) is 0 Å². The molecule has 0 saturated heterocycles. The number of hydrogen-bond donors (Lipinski definition) is 2. The Hall–Kier alpha value is -3.57. The number of nitrogens with zero attached hydrogens (tertiary/aromatic N) is 2. The molecule has 29 heavy (non-hydrogen) atoms. The predicted molar refractivity (Wildman–Crippen MR) is 110 cm³/mol. The highest BCUT2D eigenvalue weighted by Gasteiger charge is 2.19. The molecule has 2 N–H and O–H groups in total. The number of thiophene rings is 1. The molecule has 11 heteroatoms. The minimum Gasteiger partial charge on any atom is -0.278 e. The van der Waals surface area contributed by atoms with Crippen molar-refractivity contribution >= 4 is 44.9 Å². The van der Waals surface area contributed by atoms with Gasteiger partial charge in [-0.15, -0.1) is 11.3 Å². The molecular weight excluding hydrogens is 416 g/mol. The van der Waals surface area contributed by atoms with Gasteiger partial charge in [-0.05, 0) is 23.6 Å². The molecule has 148 valence electrons. The maximum absolute atomic E-state index is 12.4. The first-order valence-corrected chi connectivity index (χ1v) is 10.5. The van der Waals surface area contributed by atoms with Gasteiger partial charge in [0.1, 0.15) is 4.21 Å². The van der Waals surface area contributed by atoms with Crippen LogP contribution in [-0.4, -0.2) is 25.5 Å². The second kappa shape index (κ2) is 8.63. The van der Waals surface area contributed by atoms with Crippen molar-refractivity contribution in [3.05, 3.63) is 87.3 Å². The molecule has 0 fully saturated rings. The van der Waals surface area contributed by atoms with Crippen LogP contribution in [0.1, 0.15) is 15.9 Å². The number of carbonyl (C=O) groups is 1. The normalized spacial score (nSPS) is 11.3. The molecule has 3 rings (SSSR count). The number of non-ortho nitro benzene ring substituents is 1. The summed E-state index contributed by atoms with van der Waals surface area (Å²) in [6, 6.07) is 14.9. The second-order valence-corrected chi connectivity index (χ2v) is 8.49. The molecule has 1 heterocycles. The number of nitro groups is 1. The third-order valence-electron chi connectivity index (χ3n) is 3.64. The number of nitrogens with one attached hydrogen (secondary N) is 2. The molecule has 0 saturated carbocycles. The Morgan fingerprint density at radius 3 is 2.62 bits per heavy atom. The van der Waals surface area contributed by atoms with E-state index >= 15 is 0 Å². The minimum absolute atomic E-state index is 0.0730. The van der Waals surface area contributed by atoms with Crippen LogP contribution in [0.25, 0.3) is 0 Å². The number of benzene rings is 2. The first kappa shape index (κ1) is 20.2. The molecule has 0 aliphatic rings. The molecule has 0 bridgehead atoms. The average Bonchev–Trinajstić information content (AvgIpc) is 3.24. The molecule has 0 radical (unpaired) electrons. The molecule has 2 aromatic carbocycles. The molecule has 9 nitrogen and oxygen atoms in total. The van der Waals surface area contributed by atoms with Gasteiger partial charge in [-0.25, -0.2) is 13.8 Å². The van der Waals surface area contributed by atoms with E-state index in [1.165, 1.54) is 42.6 Å². The summed E-state index contributed by atoms with van der Waals surface area (Å²) in [6.45, 7) is 0. The number of rotatable bonds is 7. The number of anilines is 1. The van der Waals surface area contributed by atoms with Gasteiger partial charge >= 0.3 is 0 Å². The van der Waals surface area contributed by atoms with Crippen LogP contribution in [-0.2, 0) is 10.0 Å². The summed E-state index contributed by atoms with van der Waals surface area (Å²) >= 11 is 1.06. The Kier molecular flexibility index (Phi) is 6.00. The van der Waals surface area contributed by atoms with E-state index in [0.717, 1.165) is 11.3 Å². The third kappa shape index (κ3) is 5.03. The SMILES string of the molecule is O=C(N/N=C/c1cccc([N+](=O)[O-])c1)c1ccccc1NS(=O)(=O)c1cccs1. The topological polar surface area (TPSA) is 131 Å². The fourth-order valence-electron chi connectivity index (χ4n) is 2.33. The number of hydrazone groups is 1. The van der Waals surface area contributed by atoms with Crippen molar-refractivity contribution in [2.75, 3.05) is 4.72 Å². The summed E-state index contributed by atoms with van der Waals surface area (Å²) in [5.41, 5.74) is 2.78. The molecular formula is C18H14N4O5S2. The maximum atomic E-state index is 12.4. The third-order valence-corrected chi connectivity index (χ3v) is 6.40. The Balaban J connectivity index is 1.75. The zero-order chi connectivity index (χ0) is 20.9. The highest BCUT2D eigenvalue weighted by molar-refractivity contribution is 7.94. The number of sulfonamides is 1. The number of hydrogen-bond acceptors (Lipinski definition) is 7. The lowest BCUT2D eigenvalue weighted by atomic mass is 10.2. The van der Waals surface area contributed by atoms with Gasteiger partial charge in [0.2, 0.25) is 0 Å². The van der Waals surface area contributed by atoms with Gasteiger partial charge in [-0.3, -0.25) is 19.6 Å². The highest BCUT2D eigenvalue weighted by Crippen LogP contribution is 2.22. The molecule has 0 unspecified atom stereocenters. The van der Waals surface area contributed by atoms with Crippen molar-refractivity contribution in [3.63, 3.8) is 0 Å². The van der Waals surface area contributed by atoms with Crippen molar-refractivity contribution in [1.29, 1.82) is 0 Å². The summed E-state index contributed by atoms with van der Waals surface area (Å²) in [7, 11) is -3.82. The molecule has 1 aromatic heterocycles. The summed E-state index contributed by atoms with van der Waals surface area (Å²) in [5.74, 6) is -0.642. The van der Waals surface area contributed by atoms with Crippen LogP contribution in [0.3, 0.4) is 0 Å². The van der Waals surface area contributed by atoms with Crippen LogP contribution in [0.5, 0.6) is 0 Å². The standard InChI is InChI=1S/C18H14N4O5S2/c23-18(20-19-12-13-5-3-6-14(11-13)22(24)25)15-7-1-2-8-16(15)21-29(26,27)17-9-4-10-28-17/h1-12,21H,(H,20,23)/b19-12+. The lowest BCUT2D eigenvalue weighted by Gasteiger charge is -2.10. The molecule has 0 spiro atoms. The van der Waals surface area contributed by atoms with Crippen LogP contribution in [0.4, 0.5) is 11.4 Å². The molecule has 0 aliphatic carbocycles. The highest BCUT2D eigenvalue weighted by atomic mass is 32.2. The largest absolute Gasteiger partial charge is 0.278 e. The van der Waals surface area contributed by atoms with Gasteiger partial charge in [0.25, 0.3) is 21.6 Å². The van der Waals surface area contributed by atoms with E-state index in [4.69, 9.17) is 0 Å². The van der Waals surface area contributed by atoms with Crippen LogP contribution < -0.4 is 10.1 Å². The van der Waals surface area contributed by atoms with Gasteiger partial charge in [0.05, 0.1) is 22.4 Å². The van der Waals surface area contributed by atoms with Gasteiger partial charge in [0.15, 0.2) is 0 Å². The van der Waals surface area contributed by atoms with Crippen molar-refractivity contribution in [1.82, 2.24) is 5.43 Å². The van der Waals surface area contributed by atoms with Gasteiger partial charge in [-0.2, -0.15) is 5.10 Å². The zero-order valence-electron chi connectivity index (χ0n) is 14.7. The van der Waals surface area contributed by atoms with Gasteiger partial charge in [-0.1, -0.05) is 30.3 Å². The minimum atomic E-state index is -3.82. The van der Waals surface area contributed by atoms with E-state index in [9.17, 15) is 23.3 Å². The van der Waals surface area contributed by atoms with E-state index in [1.807, 2.05) is 0 Å². The van der Waals surface area contributed by atoms with E-state index in [-0.39, 0.29) is 21.1 Å². The fourth-order valence-corrected chi connectivity index (χ4v) is 4.40. The smallest absolute Gasteiger partial charge is 0.273 e. The Morgan fingerprint density at radius 2 is 1.90 bits per heavy atom. The molecule has 0 aliphatic heterocycles. The second-order valence-electron chi connectivity index (χ2n) is 5.63. The lowest BCUT2D eigenvalue weighted by Crippen LogP contribution is -2.21. The summed E-state index contributed by atoms with van der Waals surface area (Å²) < 4.78 is 27.3.